The van der Waals surface area contributed by atoms with E-state index in [2.05, 4.69) is 15.1 Å². The van der Waals surface area contributed by atoms with Crippen molar-refractivity contribution in [3.05, 3.63) is 21.8 Å². The Labute approximate surface area is 105 Å². The molecule has 9 heteroatoms. The summed E-state index contributed by atoms with van der Waals surface area (Å²) in [6.45, 7) is -0.00600. The quantitative estimate of drug-likeness (QED) is 0.580. The SMILES string of the molecule is O=C(O)COCCn1ncc2nc(Cl)[nH]c(=O)c21. The van der Waals surface area contributed by atoms with Crippen LogP contribution in [0.25, 0.3) is 11.0 Å². The molecular weight excluding hydrogens is 264 g/mol. The van der Waals surface area contributed by atoms with E-state index < -0.39 is 11.5 Å². The number of carbonyl (C=O) groups is 1. The summed E-state index contributed by atoms with van der Waals surface area (Å²) < 4.78 is 6.25. The summed E-state index contributed by atoms with van der Waals surface area (Å²) in [4.78, 5) is 28.1. The van der Waals surface area contributed by atoms with Crippen molar-refractivity contribution in [2.75, 3.05) is 13.2 Å². The van der Waals surface area contributed by atoms with Crippen molar-refractivity contribution in [1.29, 1.82) is 0 Å². The van der Waals surface area contributed by atoms with Gasteiger partial charge < -0.3 is 9.84 Å². The van der Waals surface area contributed by atoms with Gasteiger partial charge in [-0.25, -0.2) is 9.78 Å². The van der Waals surface area contributed by atoms with Gasteiger partial charge in [0.05, 0.1) is 19.3 Å². The Bertz CT molecular complexity index is 635. The number of hydrogen-bond acceptors (Lipinski definition) is 5. The van der Waals surface area contributed by atoms with Gasteiger partial charge in [-0.1, -0.05) is 0 Å². The fourth-order valence-corrected chi connectivity index (χ4v) is 1.63. The minimum atomic E-state index is -1.05. The lowest BCUT2D eigenvalue weighted by Gasteiger charge is -2.02. The van der Waals surface area contributed by atoms with E-state index in [-0.39, 0.29) is 30.6 Å². The molecule has 0 amide bonds. The van der Waals surface area contributed by atoms with E-state index >= 15 is 0 Å². The number of H-pyrrole nitrogens is 1. The van der Waals surface area contributed by atoms with Gasteiger partial charge in [0.2, 0.25) is 5.28 Å². The molecule has 0 aliphatic heterocycles. The van der Waals surface area contributed by atoms with Crippen LogP contribution in [0.3, 0.4) is 0 Å². The highest BCUT2D eigenvalue weighted by Gasteiger charge is 2.09. The Balaban J connectivity index is 2.14. The molecule has 0 fully saturated rings. The lowest BCUT2D eigenvalue weighted by molar-refractivity contribution is -0.142. The van der Waals surface area contributed by atoms with Crippen LogP contribution in [-0.4, -0.2) is 44.0 Å². The minimum Gasteiger partial charge on any atom is -0.480 e. The second-order valence-electron chi connectivity index (χ2n) is 3.40. The number of nitrogens with one attached hydrogen (secondary N) is 1. The predicted molar refractivity (Wildman–Crippen MR) is 61.6 cm³/mol. The van der Waals surface area contributed by atoms with E-state index in [0.717, 1.165) is 0 Å². The molecule has 96 valence electrons. The zero-order valence-electron chi connectivity index (χ0n) is 9.09. The molecule has 0 aromatic carbocycles. The number of hydrogen-bond donors (Lipinski definition) is 2. The van der Waals surface area contributed by atoms with E-state index in [1.54, 1.807) is 0 Å². The Morgan fingerprint density at radius 3 is 3.11 bits per heavy atom. The molecule has 18 heavy (non-hydrogen) atoms. The van der Waals surface area contributed by atoms with Gasteiger partial charge in [0.25, 0.3) is 5.56 Å². The monoisotopic (exact) mass is 272 g/mol. The van der Waals surface area contributed by atoms with Crippen molar-refractivity contribution in [3.8, 4) is 0 Å². The third kappa shape index (κ3) is 2.66. The van der Waals surface area contributed by atoms with Gasteiger partial charge in [0.1, 0.15) is 12.1 Å². The Morgan fingerprint density at radius 1 is 1.61 bits per heavy atom. The minimum absolute atomic E-state index is 0.00539. The van der Waals surface area contributed by atoms with Gasteiger partial charge in [0, 0.05) is 0 Å². The van der Waals surface area contributed by atoms with E-state index in [4.69, 9.17) is 21.4 Å². The summed E-state index contributed by atoms with van der Waals surface area (Å²) in [5, 5.41) is 12.3. The van der Waals surface area contributed by atoms with E-state index in [1.165, 1.54) is 10.9 Å². The molecule has 0 aliphatic rings. The van der Waals surface area contributed by atoms with Crippen molar-refractivity contribution in [2.24, 2.45) is 0 Å². The summed E-state index contributed by atoms with van der Waals surface area (Å²) in [5.41, 5.74) is 0.251. The second kappa shape index (κ2) is 5.15. The molecule has 0 bridgehead atoms. The third-order valence-electron chi connectivity index (χ3n) is 2.14. The van der Waals surface area contributed by atoms with Crippen LogP contribution < -0.4 is 5.56 Å². The van der Waals surface area contributed by atoms with Crippen LogP contribution in [0.4, 0.5) is 0 Å². The highest BCUT2D eigenvalue weighted by molar-refractivity contribution is 6.28. The summed E-state index contributed by atoms with van der Waals surface area (Å²) in [6, 6.07) is 0. The number of aromatic nitrogens is 4. The first-order valence-corrected chi connectivity index (χ1v) is 5.36. The molecule has 2 aromatic rings. The lowest BCUT2D eigenvalue weighted by Crippen LogP contribution is -2.16. The van der Waals surface area contributed by atoms with Gasteiger partial charge in [-0.05, 0) is 11.6 Å². The first-order chi connectivity index (χ1) is 8.58. The number of aromatic amines is 1. The largest absolute Gasteiger partial charge is 0.480 e. The number of ether oxygens (including phenoxy) is 1. The Hall–Kier alpha value is -1.93. The van der Waals surface area contributed by atoms with Crippen LogP contribution in [0, 0.1) is 0 Å². The van der Waals surface area contributed by atoms with Crippen molar-refractivity contribution in [2.45, 2.75) is 6.54 Å². The van der Waals surface area contributed by atoms with Gasteiger partial charge >= 0.3 is 5.97 Å². The highest BCUT2D eigenvalue weighted by atomic mass is 35.5. The predicted octanol–water partition coefficient (Wildman–Crippen LogP) is -0.126. The van der Waals surface area contributed by atoms with Gasteiger partial charge in [0.15, 0.2) is 5.52 Å². The number of aliphatic carboxylic acids is 1. The van der Waals surface area contributed by atoms with Crippen LogP contribution in [0.15, 0.2) is 11.0 Å². The number of rotatable bonds is 5. The molecule has 0 atom stereocenters. The smallest absolute Gasteiger partial charge is 0.329 e. The number of fused-ring (bicyclic) bond motifs is 1. The fraction of sp³-hybridized carbons (Fsp3) is 0.333. The average molecular weight is 273 g/mol. The van der Waals surface area contributed by atoms with E-state index in [1.807, 2.05) is 0 Å². The second-order valence-corrected chi connectivity index (χ2v) is 3.76. The maximum absolute atomic E-state index is 11.6. The first-order valence-electron chi connectivity index (χ1n) is 4.99. The molecule has 0 unspecified atom stereocenters. The summed E-state index contributed by atoms with van der Waals surface area (Å²) >= 11 is 5.60. The molecule has 2 rings (SSSR count). The third-order valence-corrected chi connectivity index (χ3v) is 2.32. The molecule has 0 saturated carbocycles. The van der Waals surface area contributed by atoms with Crippen LogP contribution in [-0.2, 0) is 16.1 Å². The summed E-state index contributed by atoms with van der Waals surface area (Å²) in [6.07, 6.45) is 1.41. The maximum atomic E-state index is 11.6. The lowest BCUT2D eigenvalue weighted by atomic mass is 10.4. The summed E-state index contributed by atoms with van der Waals surface area (Å²) in [7, 11) is 0. The molecule has 0 radical (unpaired) electrons. The molecule has 0 aliphatic carbocycles. The fourth-order valence-electron chi connectivity index (χ4n) is 1.46. The van der Waals surface area contributed by atoms with Gasteiger partial charge in [-0.15, -0.1) is 0 Å². The van der Waals surface area contributed by atoms with Gasteiger partial charge in [-0.2, -0.15) is 5.10 Å². The van der Waals surface area contributed by atoms with Crippen LogP contribution in [0.5, 0.6) is 0 Å². The van der Waals surface area contributed by atoms with Crippen molar-refractivity contribution in [3.63, 3.8) is 0 Å². The maximum Gasteiger partial charge on any atom is 0.329 e. The average Bonchev–Trinajstić information content (AvgIpc) is 2.67. The van der Waals surface area contributed by atoms with E-state index in [9.17, 15) is 9.59 Å². The van der Waals surface area contributed by atoms with E-state index in [0.29, 0.717) is 5.52 Å². The molecule has 2 heterocycles. The number of carboxylic acids is 1. The van der Waals surface area contributed by atoms with Gasteiger partial charge in [-0.3, -0.25) is 14.5 Å². The number of halogens is 1. The van der Waals surface area contributed by atoms with Crippen molar-refractivity contribution < 1.29 is 14.6 Å². The topological polar surface area (TPSA) is 110 Å². The molecule has 2 N–H and O–H groups in total. The van der Waals surface area contributed by atoms with Crippen LogP contribution in [0.2, 0.25) is 5.28 Å². The van der Waals surface area contributed by atoms with Crippen LogP contribution in [0.1, 0.15) is 0 Å². The zero-order chi connectivity index (χ0) is 13.1. The van der Waals surface area contributed by atoms with Crippen molar-refractivity contribution in [1.82, 2.24) is 19.7 Å². The Kier molecular flexibility index (Phi) is 3.58. The normalized spacial score (nSPS) is 10.9. The molecular formula is C9H9ClN4O4. The van der Waals surface area contributed by atoms with Crippen LogP contribution >= 0.6 is 11.6 Å². The molecule has 8 nitrogen and oxygen atoms in total. The highest BCUT2D eigenvalue weighted by Crippen LogP contribution is 2.08. The number of carboxylic acid groups (broad SMARTS) is 1. The zero-order valence-corrected chi connectivity index (χ0v) is 9.85. The standard InChI is InChI=1S/C9H9ClN4O4/c10-9-12-5-3-11-14(7(5)8(17)13-9)1-2-18-4-6(15)16/h3H,1-2,4H2,(H,15,16)(H,12,13,17). The molecule has 2 aromatic heterocycles. The molecule has 0 saturated heterocycles. The Morgan fingerprint density at radius 2 is 2.39 bits per heavy atom. The van der Waals surface area contributed by atoms with Crippen molar-refractivity contribution >= 4 is 28.6 Å². The number of nitrogens with zero attached hydrogens (tertiary/aromatic N) is 3. The first kappa shape index (κ1) is 12.5. The summed E-state index contributed by atoms with van der Waals surface area (Å²) in [5.74, 6) is -1.05. The molecule has 0 spiro atoms.